The second kappa shape index (κ2) is 7.91. The molecule has 7 heteroatoms. The number of aryl methyl sites for hydroxylation is 4. The molecular weight excluding hydrogens is 394 g/mol. The Hall–Kier alpha value is -3.61. The number of nitrogens with one attached hydrogen (secondary N) is 2. The second-order valence-electron chi connectivity index (χ2n) is 8.08. The summed E-state index contributed by atoms with van der Waals surface area (Å²) in [7, 11) is 0. The monoisotopic (exact) mass is 419 g/mol. The van der Waals surface area contributed by atoms with E-state index in [1.165, 1.54) is 4.90 Å². The highest BCUT2D eigenvalue weighted by Gasteiger charge is 2.43. The van der Waals surface area contributed by atoms with Gasteiger partial charge < -0.3 is 15.4 Å². The molecular formula is C24H25N3O4. The Bertz CT molecular complexity index is 1120. The fourth-order valence-electron chi connectivity index (χ4n) is 4.12. The van der Waals surface area contributed by atoms with Crippen molar-refractivity contribution >= 4 is 23.6 Å². The molecule has 0 saturated carbocycles. The van der Waals surface area contributed by atoms with Crippen molar-refractivity contribution in [3.05, 3.63) is 75.5 Å². The molecule has 3 amide bonds. The molecule has 2 aromatic rings. The van der Waals surface area contributed by atoms with Crippen LogP contribution < -0.4 is 10.6 Å². The number of ether oxygens (including phenoxy) is 1. The fourth-order valence-corrected chi connectivity index (χ4v) is 4.12. The van der Waals surface area contributed by atoms with Crippen molar-refractivity contribution < 1.29 is 19.1 Å². The molecule has 2 N–H and O–H groups in total. The van der Waals surface area contributed by atoms with Gasteiger partial charge in [-0.05, 0) is 49.9 Å². The average Bonchev–Trinajstić information content (AvgIpc) is 3.10. The van der Waals surface area contributed by atoms with Crippen LogP contribution in [0.5, 0.6) is 0 Å². The van der Waals surface area contributed by atoms with Crippen LogP contribution in [-0.2, 0) is 14.3 Å². The van der Waals surface area contributed by atoms with Gasteiger partial charge in [0.15, 0.2) is 0 Å². The number of nitrogens with zero attached hydrogens (tertiary/aromatic N) is 1. The van der Waals surface area contributed by atoms with Gasteiger partial charge in [-0.15, -0.1) is 0 Å². The maximum absolute atomic E-state index is 13.0. The van der Waals surface area contributed by atoms with E-state index < -0.39 is 18.0 Å². The molecule has 1 atom stereocenters. The molecule has 31 heavy (non-hydrogen) atoms. The van der Waals surface area contributed by atoms with Crippen LogP contribution in [0, 0.1) is 27.7 Å². The summed E-state index contributed by atoms with van der Waals surface area (Å²) >= 11 is 0. The average molecular weight is 419 g/mol. The molecule has 0 fully saturated rings. The number of amides is 3. The molecule has 2 aliphatic heterocycles. The minimum Gasteiger partial charge on any atom is -0.456 e. The zero-order valence-electron chi connectivity index (χ0n) is 18.0. The Morgan fingerprint density at radius 2 is 1.81 bits per heavy atom. The zero-order chi connectivity index (χ0) is 22.3. The van der Waals surface area contributed by atoms with E-state index in [1.54, 1.807) is 0 Å². The number of urea groups is 1. The van der Waals surface area contributed by atoms with E-state index in [0.29, 0.717) is 11.3 Å². The maximum Gasteiger partial charge on any atom is 0.338 e. The summed E-state index contributed by atoms with van der Waals surface area (Å²) in [6.07, 6.45) is 0. The van der Waals surface area contributed by atoms with E-state index >= 15 is 0 Å². The molecule has 0 spiro atoms. The van der Waals surface area contributed by atoms with Crippen LogP contribution in [0.4, 0.5) is 10.5 Å². The largest absolute Gasteiger partial charge is 0.456 e. The molecule has 0 bridgehead atoms. The summed E-state index contributed by atoms with van der Waals surface area (Å²) in [5.41, 5.74) is 6.26. The highest BCUT2D eigenvalue weighted by Crippen LogP contribution is 2.36. The number of carbonyl (C=O) groups is 3. The van der Waals surface area contributed by atoms with Gasteiger partial charge in [0.2, 0.25) is 5.91 Å². The summed E-state index contributed by atoms with van der Waals surface area (Å²) in [4.78, 5) is 39.6. The molecule has 2 aliphatic rings. The number of benzene rings is 2. The van der Waals surface area contributed by atoms with E-state index in [1.807, 2.05) is 64.1 Å². The zero-order valence-corrected chi connectivity index (χ0v) is 18.0. The topological polar surface area (TPSA) is 87.7 Å². The van der Waals surface area contributed by atoms with Crippen LogP contribution in [0.1, 0.15) is 33.9 Å². The third-order valence-electron chi connectivity index (χ3n) is 5.79. The Morgan fingerprint density at radius 3 is 2.52 bits per heavy atom. The van der Waals surface area contributed by atoms with Gasteiger partial charge in [-0.2, -0.15) is 0 Å². The number of hydrogen-bond acceptors (Lipinski definition) is 4. The first-order valence-corrected chi connectivity index (χ1v) is 10.2. The number of carbonyl (C=O) groups excluding carboxylic acids is 3. The highest BCUT2D eigenvalue weighted by atomic mass is 16.5. The molecule has 2 heterocycles. The van der Waals surface area contributed by atoms with Crippen molar-refractivity contribution in [1.29, 1.82) is 0 Å². The summed E-state index contributed by atoms with van der Waals surface area (Å²) in [5, 5.41) is 5.78. The van der Waals surface area contributed by atoms with Gasteiger partial charge in [-0.25, -0.2) is 9.59 Å². The van der Waals surface area contributed by atoms with E-state index in [2.05, 4.69) is 10.6 Å². The minimum absolute atomic E-state index is 0.0282. The molecule has 2 aromatic carbocycles. The van der Waals surface area contributed by atoms with Crippen LogP contribution in [0.3, 0.4) is 0 Å². The van der Waals surface area contributed by atoms with Gasteiger partial charge in [0.1, 0.15) is 13.2 Å². The molecule has 160 valence electrons. The van der Waals surface area contributed by atoms with E-state index in [4.69, 9.17) is 4.74 Å². The summed E-state index contributed by atoms with van der Waals surface area (Å²) in [5.74, 6) is -0.815. The minimum atomic E-state index is -0.602. The van der Waals surface area contributed by atoms with E-state index in [-0.39, 0.29) is 19.1 Å². The predicted molar refractivity (Wildman–Crippen MR) is 116 cm³/mol. The lowest BCUT2D eigenvalue weighted by atomic mass is 9.91. The standard InChI is InChI=1S/C24H25N3O4/c1-13-8-9-14(2)17(10-13)22-20-18(12-31-23(20)29)27(24(30)26-22)11-19(28)25-21-15(3)6-5-7-16(21)4/h5-10,22H,11-12H2,1-4H3,(H,25,28)(H,26,30). The first-order chi connectivity index (χ1) is 14.8. The molecule has 1 unspecified atom stereocenters. The molecule has 0 radical (unpaired) electrons. The number of esters is 1. The Morgan fingerprint density at radius 1 is 1.10 bits per heavy atom. The van der Waals surface area contributed by atoms with Gasteiger partial charge in [0.05, 0.1) is 17.3 Å². The number of para-hydroxylation sites is 1. The third-order valence-corrected chi connectivity index (χ3v) is 5.79. The second-order valence-corrected chi connectivity index (χ2v) is 8.08. The van der Waals surface area contributed by atoms with Gasteiger partial charge in [0.25, 0.3) is 0 Å². The van der Waals surface area contributed by atoms with Crippen molar-refractivity contribution in [3.8, 4) is 0 Å². The van der Waals surface area contributed by atoms with Crippen molar-refractivity contribution in [2.45, 2.75) is 33.7 Å². The molecule has 7 nitrogen and oxygen atoms in total. The lowest BCUT2D eigenvalue weighted by Crippen LogP contribution is -2.49. The first-order valence-electron chi connectivity index (χ1n) is 10.2. The Kier molecular flexibility index (Phi) is 5.27. The predicted octanol–water partition coefficient (Wildman–Crippen LogP) is 3.44. The van der Waals surface area contributed by atoms with Gasteiger partial charge in [-0.1, -0.05) is 42.0 Å². The van der Waals surface area contributed by atoms with Gasteiger partial charge in [-0.3, -0.25) is 9.69 Å². The number of rotatable bonds is 4. The fraction of sp³-hybridized carbons (Fsp3) is 0.292. The molecule has 0 aromatic heterocycles. The lowest BCUT2D eigenvalue weighted by molar-refractivity contribution is -0.136. The SMILES string of the molecule is Cc1ccc(C)c(C2NC(=O)N(CC(=O)Nc3c(C)cccc3C)C3=C2C(=O)OC3)c1. The molecule has 0 saturated heterocycles. The van der Waals surface area contributed by atoms with Crippen molar-refractivity contribution in [3.63, 3.8) is 0 Å². The van der Waals surface area contributed by atoms with Crippen LogP contribution in [-0.4, -0.2) is 36.0 Å². The van der Waals surface area contributed by atoms with Crippen LogP contribution in [0.25, 0.3) is 0 Å². The summed E-state index contributed by atoms with van der Waals surface area (Å²) in [6, 6.07) is 10.6. The molecule has 4 rings (SSSR count). The number of hydrogen-bond donors (Lipinski definition) is 2. The smallest absolute Gasteiger partial charge is 0.338 e. The van der Waals surface area contributed by atoms with Crippen LogP contribution in [0.2, 0.25) is 0 Å². The quantitative estimate of drug-likeness (QED) is 0.744. The number of cyclic esters (lactones) is 1. The highest BCUT2D eigenvalue weighted by molar-refractivity contribution is 6.00. The van der Waals surface area contributed by atoms with Crippen LogP contribution in [0.15, 0.2) is 47.7 Å². The van der Waals surface area contributed by atoms with E-state index in [0.717, 1.165) is 33.5 Å². The van der Waals surface area contributed by atoms with Gasteiger partial charge >= 0.3 is 12.0 Å². The van der Waals surface area contributed by atoms with Crippen molar-refractivity contribution in [2.24, 2.45) is 0 Å². The van der Waals surface area contributed by atoms with Crippen molar-refractivity contribution in [1.82, 2.24) is 10.2 Å². The van der Waals surface area contributed by atoms with Gasteiger partial charge in [0, 0.05) is 5.69 Å². The summed E-state index contributed by atoms with van der Waals surface area (Å²) in [6.45, 7) is 7.48. The lowest BCUT2D eigenvalue weighted by Gasteiger charge is -2.33. The molecule has 0 aliphatic carbocycles. The summed E-state index contributed by atoms with van der Waals surface area (Å²) < 4.78 is 5.26. The third kappa shape index (κ3) is 3.79. The maximum atomic E-state index is 13.0. The van der Waals surface area contributed by atoms with E-state index in [9.17, 15) is 14.4 Å². The van der Waals surface area contributed by atoms with Crippen molar-refractivity contribution in [2.75, 3.05) is 18.5 Å². The normalized spacial score (nSPS) is 17.9. The first kappa shape index (κ1) is 20.7. The van der Waals surface area contributed by atoms with Crippen LogP contribution >= 0.6 is 0 Å². The number of anilines is 1. The Labute approximate surface area is 181 Å². The Balaban J connectivity index is 1.64.